The molecule has 1 N–H and O–H groups in total. The first-order valence-corrected chi connectivity index (χ1v) is 9.06. The van der Waals surface area contributed by atoms with Gasteiger partial charge in [-0.1, -0.05) is 24.3 Å². The predicted molar refractivity (Wildman–Crippen MR) is 106 cm³/mol. The first-order chi connectivity index (χ1) is 13.1. The number of nitrogens with zero attached hydrogens (tertiary/aromatic N) is 1. The van der Waals surface area contributed by atoms with Gasteiger partial charge in [-0.2, -0.15) is 0 Å². The molecule has 0 radical (unpaired) electrons. The van der Waals surface area contributed by atoms with Crippen molar-refractivity contribution in [3.05, 3.63) is 59.6 Å². The molecule has 7 heteroatoms. The van der Waals surface area contributed by atoms with Crippen LogP contribution in [0.3, 0.4) is 0 Å². The number of fused-ring (bicyclic) bond motifs is 1. The number of para-hydroxylation sites is 3. The number of thiazole rings is 1. The van der Waals surface area contributed by atoms with E-state index < -0.39 is 18.0 Å². The summed E-state index contributed by atoms with van der Waals surface area (Å²) in [7, 11) is 1.52. The van der Waals surface area contributed by atoms with Crippen LogP contribution in [0.4, 0.5) is 5.69 Å². The van der Waals surface area contributed by atoms with Crippen molar-refractivity contribution >= 4 is 45.2 Å². The number of anilines is 1. The van der Waals surface area contributed by atoms with Gasteiger partial charge >= 0.3 is 5.97 Å². The van der Waals surface area contributed by atoms with E-state index in [-0.39, 0.29) is 0 Å². The third-order valence-electron chi connectivity index (χ3n) is 3.70. The standard InChI is InChI=1S/C20H18N2O4S/c1-13(20(24)22-14-7-3-5-9-16(14)25-2)26-19(23)12-11-18-21-15-8-4-6-10-17(15)27-18/h3-13H,1-2H3,(H,22,24)/b12-11+/t13-/m0/s1. The summed E-state index contributed by atoms with van der Waals surface area (Å²) >= 11 is 1.47. The molecule has 0 spiro atoms. The van der Waals surface area contributed by atoms with Crippen LogP contribution in [0, 0.1) is 0 Å². The highest BCUT2D eigenvalue weighted by molar-refractivity contribution is 7.19. The lowest BCUT2D eigenvalue weighted by molar-refractivity contribution is -0.148. The molecule has 3 aromatic rings. The van der Waals surface area contributed by atoms with Crippen LogP contribution in [0.25, 0.3) is 16.3 Å². The first-order valence-electron chi connectivity index (χ1n) is 8.25. The van der Waals surface area contributed by atoms with Gasteiger partial charge < -0.3 is 14.8 Å². The monoisotopic (exact) mass is 382 g/mol. The van der Waals surface area contributed by atoms with E-state index in [0.29, 0.717) is 16.4 Å². The summed E-state index contributed by atoms with van der Waals surface area (Å²) < 4.78 is 11.4. The Kier molecular flexibility index (Phi) is 5.83. The zero-order valence-corrected chi connectivity index (χ0v) is 15.7. The Hall–Kier alpha value is -3.19. The number of ether oxygens (including phenoxy) is 2. The molecule has 0 aliphatic carbocycles. The Balaban J connectivity index is 1.58. The number of carbonyl (C=O) groups is 2. The molecule has 138 valence electrons. The number of methoxy groups -OCH3 is 1. The lowest BCUT2D eigenvalue weighted by Gasteiger charge is -2.14. The van der Waals surface area contributed by atoms with E-state index >= 15 is 0 Å². The zero-order chi connectivity index (χ0) is 19.2. The minimum absolute atomic E-state index is 0.443. The molecule has 0 aliphatic rings. The number of hydrogen-bond acceptors (Lipinski definition) is 6. The third kappa shape index (κ3) is 4.71. The fourth-order valence-electron chi connectivity index (χ4n) is 2.35. The summed E-state index contributed by atoms with van der Waals surface area (Å²) in [6, 6.07) is 14.7. The molecule has 1 aromatic heterocycles. The van der Waals surface area contributed by atoms with Crippen LogP contribution in [-0.4, -0.2) is 30.1 Å². The topological polar surface area (TPSA) is 77.5 Å². The van der Waals surface area contributed by atoms with Gasteiger partial charge in [-0.25, -0.2) is 9.78 Å². The average molecular weight is 382 g/mol. The summed E-state index contributed by atoms with van der Waals surface area (Å²) in [5.74, 6) is -0.529. The van der Waals surface area contributed by atoms with Crippen molar-refractivity contribution in [3.8, 4) is 5.75 Å². The van der Waals surface area contributed by atoms with E-state index in [1.807, 2.05) is 24.3 Å². The fraction of sp³-hybridized carbons (Fsp3) is 0.150. The molecule has 0 unspecified atom stereocenters. The Morgan fingerprint density at radius 1 is 1.15 bits per heavy atom. The minimum Gasteiger partial charge on any atom is -0.495 e. The summed E-state index contributed by atoms with van der Waals surface area (Å²) in [4.78, 5) is 28.6. The number of rotatable bonds is 6. The lowest BCUT2D eigenvalue weighted by Crippen LogP contribution is -2.29. The summed E-state index contributed by atoms with van der Waals surface area (Å²) in [5, 5.41) is 3.38. The Labute approximate surface area is 160 Å². The number of amides is 1. The Morgan fingerprint density at radius 3 is 2.67 bits per heavy atom. The highest BCUT2D eigenvalue weighted by Crippen LogP contribution is 2.24. The van der Waals surface area contributed by atoms with Crippen LogP contribution in [0.15, 0.2) is 54.6 Å². The largest absolute Gasteiger partial charge is 0.495 e. The molecule has 3 rings (SSSR count). The second-order valence-corrected chi connectivity index (χ2v) is 6.68. The van der Waals surface area contributed by atoms with Crippen LogP contribution >= 0.6 is 11.3 Å². The predicted octanol–water partition coefficient (Wildman–Crippen LogP) is 3.89. The van der Waals surface area contributed by atoms with Gasteiger partial charge in [0.2, 0.25) is 0 Å². The van der Waals surface area contributed by atoms with Crippen molar-refractivity contribution in [1.82, 2.24) is 4.98 Å². The Morgan fingerprint density at radius 2 is 1.89 bits per heavy atom. The van der Waals surface area contributed by atoms with Crippen molar-refractivity contribution in [3.63, 3.8) is 0 Å². The van der Waals surface area contributed by atoms with Crippen molar-refractivity contribution in [1.29, 1.82) is 0 Å². The number of esters is 1. The van der Waals surface area contributed by atoms with Gasteiger partial charge in [0.15, 0.2) is 6.10 Å². The third-order valence-corrected chi connectivity index (χ3v) is 4.70. The van der Waals surface area contributed by atoms with Crippen LogP contribution in [0.2, 0.25) is 0 Å². The average Bonchev–Trinajstić information content (AvgIpc) is 3.09. The van der Waals surface area contributed by atoms with E-state index in [0.717, 1.165) is 10.2 Å². The van der Waals surface area contributed by atoms with Gasteiger partial charge in [-0.15, -0.1) is 11.3 Å². The molecule has 0 bridgehead atoms. The normalized spacial score (nSPS) is 12.1. The zero-order valence-electron chi connectivity index (χ0n) is 14.8. The smallest absolute Gasteiger partial charge is 0.331 e. The van der Waals surface area contributed by atoms with Crippen molar-refractivity contribution in [2.45, 2.75) is 13.0 Å². The van der Waals surface area contributed by atoms with Gasteiger partial charge in [0.05, 0.1) is 23.0 Å². The van der Waals surface area contributed by atoms with Gasteiger partial charge in [0.1, 0.15) is 10.8 Å². The number of hydrogen-bond donors (Lipinski definition) is 1. The second-order valence-electron chi connectivity index (χ2n) is 5.62. The summed E-state index contributed by atoms with van der Waals surface area (Å²) in [5.41, 5.74) is 1.39. The SMILES string of the molecule is COc1ccccc1NC(=O)[C@H](C)OC(=O)/C=C/c1nc2ccccc2s1. The summed E-state index contributed by atoms with van der Waals surface area (Å²) in [6.07, 6.45) is 1.89. The molecule has 0 saturated carbocycles. The maximum atomic E-state index is 12.2. The van der Waals surface area contributed by atoms with Gasteiger partial charge in [0.25, 0.3) is 5.91 Å². The molecule has 6 nitrogen and oxygen atoms in total. The van der Waals surface area contributed by atoms with Crippen molar-refractivity contribution in [2.75, 3.05) is 12.4 Å². The lowest BCUT2D eigenvalue weighted by atomic mass is 10.2. The minimum atomic E-state index is -0.956. The quantitative estimate of drug-likeness (QED) is 0.517. The van der Waals surface area contributed by atoms with E-state index in [1.54, 1.807) is 30.3 Å². The van der Waals surface area contributed by atoms with E-state index in [2.05, 4.69) is 10.3 Å². The molecular formula is C20H18N2O4S. The van der Waals surface area contributed by atoms with E-state index in [1.165, 1.54) is 31.4 Å². The summed E-state index contributed by atoms with van der Waals surface area (Å²) in [6.45, 7) is 1.51. The molecule has 1 heterocycles. The number of aromatic nitrogens is 1. The Bertz CT molecular complexity index is 963. The molecule has 0 saturated heterocycles. The van der Waals surface area contributed by atoms with E-state index in [9.17, 15) is 9.59 Å². The molecule has 0 fully saturated rings. The number of nitrogens with one attached hydrogen (secondary N) is 1. The van der Waals surface area contributed by atoms with Crippen molar-refractivity contribution < 1.29 is 19.1 Å². The molecule has 2 aromatic carbocycles. The molecule has 27 heavy (non-hydrogen) atoms. The van der Waals surface area contributed by atoms with E-state index in [4.69, 9.17) is 9.47 Å². The van der Waals surface area contributed by atoms with Crippen molar-refractivity contribution in [2.24, 2.45) is 0 Å². The molecule has 0 aliphatic heterocycles. The van der Waals surface area contributed by atoms with Gasteiger partial charge in [-0.05, 0) is 37.3 Å². The maximum Gasteiger partial charge on any atom is 0.331 e. The second kappa shape index (κ2) is 8.46. The van der Waals surface area contributed by atoms with Gasteiger partial charge in [0, 0.05) is 6.08 Å². The van der Waals surface area contributed by atoms with Crippen LogP contribution in [-0.2, 0) is 14.3 Å². The molecule has 1 amide bonds. The molecular weight excluding hydrogens is 364 g/mol. The first kappa shape index (κ1) is 18.6. The fourth-order valence-corrected chi connectivity index (χ4v) is 3.22. The maximum absolute atomic E-state index is 12.2. The highest BCUT2D eigenvalue weighted by Gasteiger charge is 2.18. The number of benzene rings is 2. The molecule has 1 atom stereocenters. The van der Waals surface area contributed by atoms with Crippen LogP contribution in [0.1, 0.15) is 11.9 Å². The highest BCUT2D eigenvalue weighted by atomic mass is 32.1. The van der Waals surface area contributed by atoms with Gasteiger partial charge in [-0.3, -0.25) is 4.79 Å². The number of carbonyl (C=O) groups excluding carboxylic acids is 2. The van der Waals surface area contributed by atoms with Crippen LogP contribution in [0.5, 0.6) is 5.75 Å². The van der Waals surface area contributed by atoms with Crippen LogP contribution < -0.4 is 10.1 Å².